The summed E-state index contributed by atoms with van der Waals surface area (Å²) in [5, 5.41) is 0. The van der Waals surface area contributed by atoms with Gasteiger partial charge >= 0.3 is 13.3 Å². The third-order valence-corrected chi connectivity index (χ3v) is 4.42. The van der Waals surface area contributed by atoms with Crippen LogP contribution in [-0.2, 0) is 9.30 Å². The highest BCUT2D eigenvalue weighted by molar-refractivity contribution is 7.51. The molecule has 118 valence electrons. The van der Waals surface area contributed by atoms with Gasteiger partial charge in [0.1, 0.15) is 6.23 Å². The number of nitrogens with zero attached hydrogens (tertiary/aromatic N) is 1. The van der Waals surface area contributed by atoms with Crippen molar-refractivity contribution in [3.05, 3.63) is 32.6 Å². The minimum absolute atomic E-state index is 0.124. The lowest BCUT2D eigenvalue weighted by Gasteiger charge is -2.16. The van der Waals surface area contributed by atoms with Gasteiger partial charge in [-0.1, -0.05) is 0 Å². The molecule has 3 N–H and O–H groups in total. The fourth-order valence-corrected chi connectivity index (χ4v) is 3.02. The number of ether oxygens (including phenoxy) is 1. The summed E-state index contributed by atoms with van der Waals surface area (Å²) >= 11 is 0. The van der Waals surface area contributed by atoms with Gasteiger partial charge in [0.2, 0.25) is 0 Å². The van der Waals surface area contributed by atoms with Gasteiger partial charge in [-0.15, -0.1) is 0 Å². The van der Waals surface area contributed by atoms with Gasteiger partial charge in [0, 0.05) is 17.9 Å². The Balaban J connectivity index is 1.97. The number of aromatic amines is 1. The summed E-state index contributed by atoms with van der Waals surface area (Å²) in [6, 6.07) is 0. The average molecular weight is 318 g/mol. The van der Waals surface area contributed by atoms with E-state index in [9.17, 15) is 14.2 Å². The van der Waals surface area contributed by atoms with E-state index in [1.807, 2.05) is 0 Å². The van der Waals surface area contributed by atoms with Gasteiger partial charge in [-0.25, -0.2) is 4.79 Å². The van der Waals surface area contributed by atoms with Crippen LogP contribution in [0.1, 0.15) is 37.5 Å². The molecule has 1 aliphatic rings. The van der Waals surface area contributed by atoms with E-state index in [2.05, 4.69) is 4.98 Å². The number of nitrogens with one attached hydrogen (secondary N) is 1. The molecular weight excluding hydrogens is 299 g/mol. The number of aromatic nitrogens is 2. The Kier molecular flexibility index (Phi) is 4.83. The predicted octanol–water partition coefficient (Wildman–Crippen LogP) is 0.481. The Hall–Kier alpha value is -1.21. The van der Waals surface area contributed by atoms with E-state index in [4.69, 9.17) is 14.5 Å². The van der Waals surface area contributed by atoms with Gasteiger partial charge in [-0.05, 0) is 32.6 Å². The summed E-state index contributed by atoms with van der Waals surface area (Å²) in [6.45, 7) is 1.61. The molecule has 0 aliphatic carbocycles. The second-order valence-corrected chi connectivity index (χ2v) is 7.08. The van der Waals surface area contributed by atoms with Crippen LogP contribution in [0.3, 0.4) is 0 Å². The van der Waals surface area contributed by atoms with Gasteiger partial charge in [-0.3, -0.25) is 18.9 Å². The van der Waals surface area contributed by atoms with E-state index >= 15 is 0 Å². The monoisotopic (exact) mass is 318 g/mol. The molecule has 1 aromatic rings. The second kappa shape index (κ2) is 6.27. The Morgan fingerprint density at radius 1 is 1.43 bits per heavy atom. The maximum Gasteiger partial charge on any atom is 0.330 e. The summed E-state index contributed by atoms with van der Waals surface area (Å²) in [4.78, 5) is 42.9. The summed E-state index contributed by atoms with van der Waals surface area (Å²) in [5.74, 6) is 0. The third kappa shape index (κ3) is 4.38. The molecule has 2 atom stereocenters. The molecule has 0 aromatic carbocycles. The van der Waals surface area contributed by atoms with Crippen molar-refractivity contribution < 1.29 is 19.1 Å². The van der Waals surface area contributed by atoms with Crippen LogP contribution in [0.15, 0.2) is 15.8 Å². The van der Waals surface area contributed by atoms with Crippen LogP contribution in [0.25, 0.3) is 0 Å². The number of hydrogen-bond acceptors (Lipinski definition) is 4. The lowest BCUT2D eigenvalue weighted by Crippen LogP contribution is -2.33. The van der Waals surface area contributed by atoms with E-state index in [1.54, 1.807) is 6.92 Å². The maximum atomic E-state index is 11.8. The predicted molar refractivity (Wildman–Crippen MR) is 75.3 cm³/mol. The molecule has 1 fully saturated rings. The largest absolute Gasteiger partial charge is 0.355 e. The first-order chi connectivity index (χ1) is 9.76. The zero-order valence-corrected chi connectivity index (χ0v) is 12.6. The molecule has 1 aliphatic heterocycles. The van der Waals surface area contributed by atoms with E-state index < -0.39 is 25.1 Å². The molecule has 8 nitrogen and oxygen atoms in total. The quantitative estimate of drug-likeness (QED) is 0.679. The van der Waals surface area contributed by atoms with Crippen molar-refractivity contribution in [2.75, 3.05) is 6.16 Å². The van der Waals surface area contributed by atoms with Crippen molar-refractivity contribution in [3.63, 3.8) is 0 Å². The zero-order chi connectivity index (χ0) is 15.6. The molecule has 1 saturated heterocycles. The molecule has 2 unspecified atom stereocenters. The minimum atomic E-state index is -3.97. The molecule has 0 amide bonds. The maximum absolute atomic E-state index is 11.8. The summed E-state index contributed by atoms with van der Waals surface area (Å²) in [7, 11) is -3.97. The van der Waals surface area contributed by atoms with Gasteiger partial charge in [0.25, 0.3) is 5.56 Å². The summed E-state index contributed by atoms with van der Waals surface area (Å²) in [6.07, 6.45) is 3.02. The first kappa shape index (κ1) is 16.2. The van der Waals surface area contributed by atoms with Crippen molar-refractivity contribution in [1.29, 1.82) is 0 Å². The number of hydrogen-bond donors (Lipinski definition) is 3. The number of rotatable bonds is 5. The molecule has 0 spiro atoms. The Bertz CT molecular complexity index is 660. The van der Waals surface area contributed by atoms with Crippen molar-refractivity contribution in [2.45, 2.75) is 44.9 Å². The van der Waals surface area contributed by atoms with Gasteiger partial charge in [0.15, 0.2) is 0 Å². The van der Waals surface area contributed by atoms with Crippen LogP contribution in [0.5, 0.6) is 0 Å². The molecule has 1 aromatic heterocycles. The second-order valence-electron chi connectivity index (χ2n) is 5.30. The van der Waals surface area contributed by atoms with Crippen molar-refractivity contribution >= 4 is 7.60 Å². The van der Waals surface area contributed by atoms with E-state index in [-0.39, 0.29) is 12.3 Å². The topological polar surface area (TPSA) is 122 Å². The number of aryl methyl sites for hydroxylation is 1. The fraction of sp³-hybridized carbons (Fsp3) is 0.667. The Morgan fingerprint density at radius 2 is 2.14 bits per heavy atom. The van der Waals surface area contributed by atoms with E-state index in [0.717, 1.165) is 6.42 Å². The van der Waals surface area contributed by atoms with E-state index in [1.165, 1.54) is 10.8 Å². The Labute approximate surface area is 120 Å². The van der Waals surface area contributed by atoms with Crippen LogP contribution < -0.4 is 11.2 Å². The molecule has 2 rings (SSSR count). The fourth-order valence-electron chi connectivity index (χ4n) is 2.43. The molecule has 0 saturated carbocycles. The van der Waals surface area contributed by atoms with Gasteiger partial charge in [0.05, 0.1) is 6.10 Å². The zero-order valence-electron chi connectivity index (χ0n) is 11.7. The smallest absolute Gasteiger partial charge is 0.330 e. The van der Waals surface area contributed by atoms with Crippen LogP contribution in [-0.4, -0.2) is 31.6 Å². The van der Waals surface area contributed by atoms with Crippen LogP contribution >= 0.6 is 7.60 Å². The molecular formula is C12H19N2O6P. The molecule has 21 heavy (non-hydrogen) atoms. The Morgan fingerprint density at radius 3 is 2.81 bits per heavy atom. The lowest BCUT2D eigenvalue weighted by atomic mass is 10.1. The minimum Gasteiger partial charge on any atom is -0.355 e. The summed E-state index contributed by atoms with van der Waals surface area (Å²) in [5.41, 5.74) is -0.484. The van der Waals surface area contributed by atoms with E-state index in [0.29, 0.717) is 24.8 Å². The van der Waals surface area contributed by atoms with Crippen LogP contribution in [0.4, 0.5) is 0 Å². The van der Waals surface area contributed by atoms with Crippen LogP contribution in [0.2, 0.25) is 0 Å². The normalized spacial score (nSPS) is 22.6. The number of H-pyrrole nitrogens is 1. The highest BCUT2D eigenvalue weighted by atomic mass is 31.2. The lowest BCUT2D eigenvalue weighted by molar-refractivity contribution is -0.00445. The molecule has 0 bridgehead atoms. The van der Waals surface area contributed by atoms with Crippen LogP contribution in [0, 0.1) is 6.92 Å². The first-order valence-corrected chi connectivity index (χ1v) is 8.58. The van der Waals surface area contributed by atoms with Crippen molar-refractivity contribution in [3.8, 4) is 0 Å². The van der Waals surface area contributed by atoms with Gasteiger partial charge in [-0.2, -0.15) is 0 Å². The summed E-state index contributed by atoms with van der Waals surface area (Å²) < 4.78 is 17.9. The molecule has 2 heterocycles. The SMILES string of the molecule is Cc1cn(C2CCC(CCCP(=O)(O)O)O2)c(=O)[nH]c1=O. The average Bonchev–Trinajstić information content (AvgIpc) is 2.81. The third-order valence-electron chi connectivity index (χ3n) is 3.52. The highest BCUT2D eigenvalue weighted by Gasteiger charge is 2.27. The first-order valence-electron chi connectivity index (χ1n) is 6.78. The standard InChI is InChI=1S/C12H19N2O6P/c1-8-7-14(12(16)13-11(8)15)10-5-4-9(20-10)3-2-6-21(17,18)19/h7,9-10H,2-6H2,1H3,(H,13,15,16)(H2,17,18,19). The van der Waals surface area contributed by atoms with Crippen molar-refractivity contribution in [1.82, 2.24) is 9.55 Å². The van der Waals surface area contributed by atoms with Crippen molar-refractivity contribution in [2.24, 2.45) is 0 Å². The molecule has 0 radical (unpaired) electrons. The van der Waals surface area contributed by atoms with Gasteiger partial charge < -0.3 is 14.5 Å². The molecule has 9 heteroatoms. The highest BCUT2D eigenvalue weighted by Crippen LogP contribution is 2.37.